The maximum Gasteiger partial charge on any atom is 0.345 e. The zero-order valence-electron chi connectivity index (χ0n) is 10.4. The molecule has 1 aromatic rings. The van der Waals surface area contributed by atoms with Gasteiger partial charge in [0, 0.05) is 27.1 Å². The van der Waals surface area contributed by atoms with Gasteiger partial charge in [-0.3, -0.25) is 4.79 Å². The van der Waals surface area contributed by atoms with Crippen LogP contribution in [0.25, 0.3) is 0 Å². The molecule has 9 heteroatoms. The minimum absolute atomic E-state index is 0.0301. The van der Waals surface area contributed by atoms with Crippen molar-refractivity contribution in [3.05, 3.63) is 17.0 Å². The number of sulfonamides is 1. The van der Waals surface area contributed by atoms with Crippen LogP contribution in [0.3, 0.4) is 0 Å². The van der Waals surface area contributed by atoms with Gasteiger partial charge in [0.1, 0.15) is 9.09 Å². The molecule has 1 amide bonds. The standard InChI is InChI=1S/C10H14N2O5S2/c1-11-8(13)5-6-12(2)19(16,17)9-4-3-7(18-9)10(14)15/h3-4H,5-6H2,1-2H3,(H,11,13)(H,14,15). The Morgan fingerprint density at radius 1 is 1.42 bits per heavy atom. The highest BCUT2D eigenvalue weighted by Crippen LogP contribution is 2.24. The van der Waals surface area contributed by atoms with Crippen LogP contribution in [-0.4, -0.2) is 50.3 Å². The summed E-state index contributed by atoms with van der Waals surface area (Å²) >= 11 is 0.687. The monoisotopic (exact) mass is 306 g/mol. The van der Waals surface area contributed by atoms with E-state index in [1.807, 2.05) is 0 Å². The number of nitrogens with zero attached hydrogens (tertiary/aromatic N) is 1. The summed E-state index contributed by atoms with van der Waals surface area (Å²) in [6, 6.07) is 2.49. The first-order valence-electron chi connectivity index (χ1n) is 5.29. The van der Waals surface area contributed by atoms with Crippen molar-refractivity contribution in [3.63, 3.8) is 0 Å². The van der Waals surface area contributed by atoms with Gasteiger partial charge >= 0.3 is 5.97 Å². The summed E-state index contributed by atoms with van der Waals surface area (Å²) in [6.07, 6.45) is 0.0450. The second kappa shape index (κ2) is 6.13. The van der Waals surface area contributed by atoms with Gasteiger partial charge in [-0.15, -0.1) is 11.3 Å². The molecule has 1 aromatic heterocycles. The topological polar surface area (TPSA) is 104 Å². The highest BCUT2D eigenvalue weighted by Gasteiger charge is 2.24. The SMILES string of the molecule is CNC(=O)CCN(C)S(=O)(=O)c1ccc(C(=O)O)s1. The third-order valence-corrected chi connectivity index (χ3v) is 5.79. The van der Waals surface area contributed by atoms with Crippen molar-refractivity contribution in [1.29, 1.82) is 0 Å². The van der Waals surface area contributed by atoms with E-state index in [2.05, 4.69) is 5.32 Å². The average molecular weight is 306 g/mol. The molecule has 0 fully saturated rings. The molecule has 0 spiro atoms. The number of carboxylic acid groups (broad SMARTS) is 1. The zero-order chi connectivity index (χ0) is 14.6. The lowest BCUT2D eigenvalue weighted by Gasteiger charge is -2.15. The van der Waals surface area contributed by atoms with E-state index in [0.717, 1.165) is 4.31 Å². The molecule has 0 unspecified atom stereocenters. The highest BCUT2D eigenvalue weighted by atomic mass is 32.2. The lowest BCUT2D eigenvalue weighted by Crippen LogP contribution is -2.31. The van der Waals surface area contributed by atoms with Gasteiger partial charge in [0.2, 0.25) is 5.91 Å². The van der Waals surface area contributed by atoms with Crippen molar-refractivity contribution in [3.8, 4) is 0 Å². The van der Waals surface area contributed by atoms with Crippen LogP contribution in [-0.2, 0) is 14.8 Å². The van der Waals surface area contributed by atoms with E-state index in [1.165, 1.54) is 26.2 Å². The fourth-order valence-corrected chi connectivity index (χ4v) is 3.76. The van der Waals surface area contributed by atoms with E-state index in [4.69, 9.17) is 5.11 Å². The Morgan fingerprint density at radius 2 is 2.05 bits per heavy atom. The largest absolute Gasteiger partial charge is 0.477 e. The summed E-state index contributed by atoms with van der Waals surface area (Å²) < 4.78 is 25.1. The van der Waals surface area contributed by atoms with Crippen molar-refractivity contribution in [2.45, 2.75) is 10.6 Å². The number of amides is 1. The smallest absolute Gasteiger partial charge is 0.345 e. The third kappa shape index (κ3) is 3.75. The lowest BCUT2D eigenvalue weighted by atomic mass is 10.4. The first-order valence-corrected chi connectivity index (χ1v) is 7.54. The molecule has 0 bridgehead atoms. The van der Waals surface area contributed by atoms with Crippen LogP contribution in [0.2, 0.25) is 0 Å². The Labute approximate surface area is 114 Å². The summed E-state index contributed by atoms with van der Waals surface area (Å²) in [5.74, 6) is -1.43. The van der Waals surface area contributed by atoms with E-state index >= 15 is 0 Å². The number of carbonyl (C=O) groups excluding carboxylic acids is 1. The van der Waals surface area contributed by atoms with Gasteiger partial charge in [0.25, 0.3) is 10.0 Å². The van der Waals surface area contributed by atoms with Crippen molar-refractivity contribution >= 4 is 33.2 Å². The Hall–Kier alpha value is -1.45. The molecule has 0 saturated carbocycles. The molecule has 1 heterocycles. The molecule has 1 rings (SSSR count). The molecule has 0 aliphatic carbocycles. The Morgan fingerprint density at radius 3 is 2.53 bits per heavy atom. The maximum absolute atomic E-state index is 12.1. The van der Waals surface area contributed by atoms with E-state index in [1.54, 1.807) is 0 Å². The van der Waals surface area contributed by atoms with E-state index < -0.39 is 16.0 Å². The van der Waals surface area contributed by atoms with Crippen LogP contribution in [0.5, 0.6) is 0 Å². The predicted octanol–water partition coefficient (Wildman–Crippen LogP) is 0.203. The number of aromatic carboxylic acids is 1. The van der Waals surface area contributed by atoms with Gasteiger partial charge < -0.3 is 10.4 Å². The Balaban J connectivity index is 2.84. The normalized spacial score (nSPS) is 11.5. The number of nitrogens with one attached hydrogen (secondary N) is 1. The maximum atomic E-state index is 12.1. The number of rotatable bonds is 6. The zero-order valence-corrected chi connectivity index (χ0v) is 12.0. The third-order valence-electron chi connectivity index (χ3n) is 2.39. The number of thiophene rings is 1. The highest BCUT2D eigenvalue weighted by molar-refractivity contribution is 7.91. The van der Waals surface area contributed by atoms with Crippen LogP contribution < -0.4 is 5.32 Å². The number of carboxylic acids is 1. The lowest BCUT2D eigenvalue weighted by molar-refractivity contribution is -0.120. The van der Waals surface area contributed by atoms with Crippen molar-refractivity contribution < 1.29 is 23.1 Å². The second-order valence-corrected chi connectivity index (χ2v) is 7.03. The van der Waals surface area contributed by atoms with Gasteiger partial charge in [0.15, 0.2) is 0 Å². The Kier molecular flexibility index (Phi) is 5.04. The molecule has 106 valence electrons. The van der Waals surface area contributed by atoms with Crippen LogP contribution >= 0.6 is 11.3 Å². The van der Waals surface area contributed by atoms with E-state index in [0.29, 0.717) is 11.3 Å². The summed E-state index contributed by atoms with van der Waals surface area (Å²) in [5, 5.41) is 11.2. The molecule has 7 nitrogen and oxygen atoms in total. The molecule has 0 aromatic carbocycles. The van der Waals surface area contributed by atoms with E-state index in [9.17, 15) is 18.0 Å². The van der Waals surface area contributed by atoms with Gasteiger partial charge in [-0.25, -0.2) is 13.2 Å². The molecule has 0 aliphatic heterocycles. The van der Waals surface area contributed by atoms with Crippen LogP contribution in [0.1, 0.15) is 16.1 Å². The number of carbonyl (C=O) groups is 2. The summed E-state index contributed by atoms with van der Waals surface area (Å²) in [5.41, 5.74) is 0. The predicted molar refractivity (Wildman–Crippen MR) is 69.8 cm³/mol. The van der Waals surface area contributed by atoms with Gasteiger partial charge in [-0.1, -0.05) is 0 Å². The van der Waals surface area contributed by atoms with Crippen molar-refractivity contribution in [1.82, 2.24) is 9.62 Å². The number of hydrogen-bond donors (Lipinski definition) is 2. The van der Waals surface area contributed by atoms with Gasteiger partial charge in [-0.05, 0) is 12.1 Å². The van der Waals surface area contributed by atoms with Gasteiger partial charge in [0.05, 0.1) is 0 Å². The first-order chi connectivity index (χ1) is 8.78. The fourth-order valence-electron chi connectivity index (χ4n) is 1.23. The molecular formula is C10H14N2O5S2. The average Bonchev–Trinajstić information content (AvgIpc) is 2.85. The molecule has 0 atom stereocenters. The molecule has 0 aliphatic rings. The van der Waals surface area contributed by atoms with Crippen LogP contribution in [0.15, 0.2) is 16.3 Å². The first kappa shape index (κ1) is 15.6. The second-order valence-electron chi connectivity index (χ2n) is 3.67. The van der Waals surface area contributed by atoms with Crippen molar-refractivity contribution in [2.75, 3.05) is 20.6 Å². The molecule has 0 radical (unpaired) electrons. The van der Waals surface area contributed by atoms with Crippen LogP contribution in [0, 0.1) is 0 Å². The Bertz CT molecular complexity index is 578. The summed E-state index contributed by atoms with van der Waals surface area (Å²) in [4.78, 5) is 21.7. The molecule has 2 N–H and O–H groups in total. The molecular weight excluding hydrogens is 292 g/mol. The van der Waals surface area contributed by atoms with Crippen LogP contribution in [0.4, 0.5) is 0 Å². The van der Waals surface area contributed by atoms with Gasteiger partial charge in [-0.2, -0.15) is 4.31 Å². The van der Waals surface area contributed by atoms with E-state index in [-0.39, 0.29) is 28.0 Å². The summed E-state index contributed by atoms with van der Waals surface area (Å²) in [6.45, 7) is 0.0301. The molecule has 19 heavy (non-hydrogen) atoms. The summed E-state index contributed by atoms with van der Waals surface area (Å²) in [7, 11) is -0.934. The minimum atomic E-state index is -3.75. The quantitative estimate of drug-likeness (QED) is 0.781. The number of hydrogen-bond acceptors (Lipinski definition) is 5. The van der Waals surface area contributed by atoms with Crippen molar-refractivity contribution in [2.24, 2.45) is 0 Å². The molecule has 0 saturated heterocycles. The fraction of sp³-hybridized carbons (Fsp3) is 0.400. The minimum Gasteiger partial charge on any atom is -0.477 e.